The summed E-state index contributed by atoms with van der Waals surface area (Å²) < 4.78 is 0. The van der Waals surface area contributed by atoms with Crippen LogP contribution in [-0.4, -0.2) is 61.0 Å². The summed E-state index contributed by atoms with van der Waals surface area (Å²) in [7, 11) is 4.46. The van der Waals surface area contributed by atoms with E-state index in [0.29, 0.717) is 24.2 Å². The largest absolute Gasteiger partial charge is 0.353 e. The highest BCUT2D eigenvalue weighted by atomic mass is 16.1. The third kappa shape index (κ3) is 5.02. The van der Waals surface area contributed by atoms with Crippen LogP contribution in [0.1, 0.15) is 62.5 Å². The Balaban J connectivity index is 1.66. The van der Waals surface area contributed by atoms with Crippen molar-refractivity contribution < 1.29 is 4.79 Å². The number of nitrogens with zero attached hydrogens (tertiary/aromatic N) is 2. The summed E-state index contributed by atoms with van der Waals surface area (Å²) in [5, 5.41) is 3.54. The normalized spacial score (nSPS) is 28.9. The summed E-state index contributed by atoms with van der Waals surface area (Å²) in [6.45, 7) is 7.14. The molecule has 0 spiro atoms. The fourth-order valence-corrected chi connectivity index (χ4v) is 6.58. The smallest absolute Gasteiger partial charge is 0.221 e. The Kier molecular flexibility index (Phi) is 7.55. The summed E-state index contributed by atoms with van der Waals surface area (Å²) in [4.78, 5) is 17.9. The molecule has 1 amide bonds. The molecule has 3 unspecified atom stereocenters. The van der Waals surface area contributed by atoms with Gasteiger partial charge in [0.15, 0.2) is 0 Å². The van der Waals surface area contributed by atoms with Gasteiger partial charge in [-0.25, -0.2) is 0 Å². The number of nitrogens with one attached hydrogen (secondary N) is 1. The van der Waals surface area contributed by atoms with E-state index in [2.05, 4.69) is 104 Å². The molecular weight excluding hydrogens is 406 g/mol. The van der Waals surface area contributed by atoms with E-state index >= 15 is 0 Å². The van der Waals surface area contributed by atoms with Gasteiger partial charge in [0.1, 0.15) is 0 Å². The molecule has 3 aliphatic carbocycles. The van der Waals surface area contributed by atoms with Crippen LogP contribution in [0.4, 0.5) is 0 Å². The molecule has 3 atom stereocenters. The zero-order chi connectivity index (χ0) is 23.4. The van der Waals surface area contributed by atoms with Crippen molar-refractivity contribution in [3.8, 4) is 0 Å². The zero-order valence-electron chi connectivity index (χ0n) is 20.8. The van der Waals surface area contributed by atoms with Gasteiger partial charge in [-0.1, -0.05) is 74.5 Å². The van der Waals surface area contributed by atoms with E-state index in [1.54, 1.807) is 0 Å². The number of rotatable bonds is 9. The molecule has 178 valence electrons. The molecule has 2 aromatic carbocycles. The molecule has 4 heteroatoms. The minimum Gasteiger partial charge on any atom is -0.353 e. The summed E-state index contributed by atoms with van der Waals surface area (Å²) in [5.74, 6) is 1.49. The first kappa shape index (κ1) is 24.0. The van der Waals surface area contributed by atoms with Crippen molar-refractivity contribution in [1.29, 1.82) is 0 Å². The molecule has 0 saturated heterocycles. The Morgan fingerprint density at radius 3 is 1.85 bits per heavy atom. The van der Waals surface area contributed by atoms with Crippen molar-refractivity contribution in [1.82, 2.24) is 15.1 Å². The number of carbonyl (C=O) groups is 1. The Morgan fingerprint density at radius 2 is 1.39 bits per heavy atom. The third-order valence-electron chi connectivity index (χ3n) is 8.49. The molecule has 3 fully saturated rings. The molecule has 1 N–H and O–H groups in total. The minimum absolute atomic E-state index is 0.0899. The minimum atomic E-state index is 0.0899. The molecule has 4 nitrogen and oxygen atoms in total. The van der Waals surface area contributed by atoms with Crippen LogP contribution in [0.25, 0.3) is 0 Å². The number of hydrogen-bond acceptors (Lipinski definition) is 3. The van der Waals surface area contributed by atoms with Crippen LogP contribution >= 0.6 is 0 Å². The molecule has 0 radical (unpaired) electrons. The number of carbonyl (C=O) groups excluding carboxylic acids is 1. The average Bonchev–Trinajstić information content (AvgIpc) is 2.85. The Labute approximate surface area is 200 Å². The Morgan fingerprint density at radius 1 is 0.879 bits per heavy atom. The maximum atomic E-state index is 13.1. The van der Waals surface area contributed by atoms with E-state index in [1.807, 2.05) is 0 Å². The van der Waals surface area contributed by atoms with Gasteiger partial charge >= 0.3 is 0 Å². The Bertz CT molecular complexity index is 844. The van der Waals surface area contributed by atoms with Crippen LogP contribution in [0, 0.1) is 5.92 Å². The zero-order valence-corrected chi connectivity index (χ0v) is 20.8. The highest BCUT2D eigenvalue weighted by Gasteiger charge is 2.57. The fourth-order valence-electron chi connectivity index (χ4n) is 6.58. The highest BCUT2D eigenvalue weighted by molar-refractivity contribution is 5.76. The summed E-state index contributed by atoms with van der Waals surface area (Å²) in [5.41, 5.74) is 2.92. The van der Waals surface area contributed by atoms with E-state index in [9.17, 15) is 4.79 Å². The first-order chi connectivity index (χ1) is 16.0. The molecule has 3 aliphatic rings. The van der Waals surface area contributed by atoms with Gasteiger partial charge in [-0.3, -0.25) is 4.79 Å². The predicted octanol–water partition coefficient (Wildman–Crippen LogP) is 4.88. The van der Waals surface area contributed by atoms with Crippen LogP contribution < -0.4 is 5.32 Å². The lowest BCUT2D eigenvalue weighted by Crippen LogP contribution is -2.64. The van der Waals surface area contributed by atoms with Gasteiger partial charge < -0.3 is 15.1 Å². The van der Waals surface area contributed by atoms with Crippen molar-refractivity contribution in [2.24, 2.45) is 5.92 Å². The number of hydrogen-bond donors (Lipinski definition) is 1. The van der Waals surface area contributed by atoms with Gasteiger partial charge in [0.2, 0.25) is 5.91 Å². The van der Waals surface area contributed by atoms with Gasteiger partial charge in [-0.15, -0.1) is 0 Å². The van der Waals surface area contributed by atoms with E-state index in [4.69, 9.17) is 0 Å². The maximum Gasteiger partial charge on any atom is 0.221 e. The van der Waals surface area contributed by atoms with E-state index in [1.165, 1.54) is 11.1 Å². The molecule has 0 aromatic heterocycles. The van der Waals surface area contributed by atoms with Crippen molar-refractivity contribution >= 4 is 5.91 Å². The summed E-state index contributed by atoms with van der Waals surface area (Å²) in [6.07, 6.45) is 3.92. The second-order valence-corrected chi connectivity index (χ2v) is 10.3. The summed E-state index contributed by atoms with van der Waals surface area (Å²) in [6, 6.07) is 22.2. The van der Waals surface area contributed by atoms with E-state index in [0.717, 1.165) is 38.9 Å². The topological polar surface area (TPSA) is 35.6 Å². The first-order valence-corrected chi connectivity index (χ1v) is 12.8. The Hall–Kier alpha value is -2.17. The van der Waals surface area contributed by atoms with E-state index in [-0.39, 0.29) is 17.5 Å². The van der Waals surface area contributed by atoms with Crippen LogP contribution in [0.3, 0.4) is 0 Å². The fraction of sp³-hybridized carbons (Fsp3) is 0.552. The van der Waals surface area contributed by atoms with Crippen LogP contribution in [0.15, 0.2) is 60.7 Å². The highest BCUT2D eigenvalue weighted by Crippen LogP contribution is 2.59. The molecule has 5 rings (SSSR count). The third-order valence-corrected chi connectivity index (χ3v) is 8.49. The second kappa shape index (κ2) is 10.4. The standard InChI is InChI=1S/C29H41N3O/c1-5-32(6-2)18-17-27(33)30-26-21-29(31(3)4)19-24(22-13-9-7-10-14-22)28(26)25(20-29)23-15-11-8-12-16-23/h7-16,24-26,28H,5-6,17-21H2,1-4H3,(H,30,33). The van der Waals surface area contributed by atoms with Gasteiger partial charge in [0, 0.05) is 24.5 Å². The lowest BCUT2D eigenvalue weighted by atomic mass is 9.51. The van der Waals surface area contributed by atoms with E-state index < -0.39 is 0 Å². The first-order valence-electron chi connectivity index (χ1n) is 12.8. The SMILES string of the molecule is CCN(CC)CCC(=O)NC1CC2(N(C)C)CC(c3ccccc3)C1C(c1ccccc1)C2. The molecule has 0 aliphatic heterocycles. The van der Waals surface area contributed by atoms with Gasteiger partial charge in [-0.05, 0) is 75.3 Å². The van der Waals surface area contributed by atoms with Gasteiger partial charge in [0.25, 0.3) is 0 Å². The monoisotopic (exact) mass is 447 g/mol. The molecule has 33 heavy (non-hydrogen) atoms. The number of amides is 1. The molecule has 0 heterocycles. The lowest BCUT2D eigenvalue weighted by molar-refractivity contribution is -0.124. The summed E-state index contributed by atoms with van der Waals surface area (Å²) >= 11 is 0. The van der Waals surface area contributed by atoms with Crippen LogP contribution in [0.5, 0.6) is 0 Å². The predicted molar refractivity (Wildman–Crippen MR) is 136 cm³/mol. The lowest BCUT2D eigenvalue weighted by Gasteiger charge is -2.61. The molecule has 2 aromatic rings. The van der Waals surface area contributed by atoms with Crippen molar-refractivity contribution in [2.45, 2.75) is 62.9 Å². The maximum absolute atomic E-state index is 13.1. The molecule has 2 bridgehead atoms. The van der Waals surface area contributed by atoms with Crippen LogP contribution in [-0.2, 0) is 4.79 Å². The van der Waals surface area contributed by atoms with Gasteiger partial charge in [0.05, 0.1) is 0 Å². The molecule has 3 saturated carbocycles. The average molecular weight is 448 g/mol. The van der Waals surface area contributed by atoms with Crippen molar-refractivity contribution in [3.05, 3.63) is 71.8 Å². The number of fused-ring (bicyclic) bond motifs is 3. The molecular formula is C29H41N3O. The second-order valence-electron chi connectivity index (χ2n) is 10.3. The number of benzene rings is 2. The van der Waals surface area contributed by atoms with Crippen molar-refractivity contribution in [2.75, 3.05) is 33.7 Å². The van der Waals surface area contributed by atoms with Gasteiger partial charge in [-0.2, -0.15) is 0 Å². The van der Waals surface area contributed by atoms with Crippen LogP contribution in [0.2, 0.25) is 0 Å². The van der Waals surface area contributed by atoms with Crippen molar-refractivity contribution in [3.63, 3.8) is 0 Å². The quantitative estimate of drug-likeness (QED) is 0.595.